The van der Waals surface area contributed by atoms with Crippen LogP contribution in [-0.2, 0) is 38.8 Å². The molecule has 1 atom stereocenters. The van der Waals surface area contributed by atoms with Crippen molar-refractivity contribution in [1.82, 2.24) is 9.13 Å². The molecule has 2 aliphatic rings. The summed E-state index contributed by atoms with van der Waals surface area (Å²) >= 11 is 0. The summed E-state index contributed by atoms with van der Waals surface area (Å²) in [6.45, 7) is 0.857. The molecule has 53 heavy (non-hydrogen) atoms. The highest BCUT2D eigenvalue weighted by Gasteiger charge is 2.27. The molecular weight excluding hydrogens is 670 g/mol. The lowest BCUT2D eigenvalue weighted by atomic mass is 9.87. The van der Waals surface area contributed by atoms with E-state index in [2.05, 4.69) is 27.3 Å². The molecule has 10 heteroatoms. The topological polar surface area (TPSA) is 155 Å². The molecule has 268 valence electrons. The maximum absolute atomic E-state index is 11.8. The van der Waals surface area contributed by atoms with Gasteiger partial charge in [-0.1, -0.05) is 48.5 Å². The van der Waals surface area contributed by atoms with Crippen molar-refractivity contribution in [2.45, 2.75) is 58.0 Å². The van der Waals surface area contributed by atoms with Gasteiger partial charge in [-0.25, -0.2) is 14.4 Å². The van der Waals surface area contributed by atoms with Crippen LogP contribution >= 0.6 is 0 Å². The summed E-state index contributed by atoms with van der Waals surface area (Å²) in [6.07, 6.45) is 6.26. The van der Waals surface area contributed by atoms with Crippen molar-refractivity contribution in [3.05, 3.63) is 135 Å². The van der Waals surface area contributed by atoms with Gasteiger partial charge in [0, 0.05) is 45.3 Å². The predicted octanol–water partition coefficient (Wildman–Crippen LogP) is 7.99. The second kappa shape index (κ2) is 14.7. The average Bonchev–Trinajstić information content (AvgIpc) is 3.67. The molecular formula is C43H39N3O7. The SMILES string of the molecule is COc1cccc(C(=O)O)c1Cn1c2c(c3ccccc31)CC(C#N)CC2.O=C(O)c1ccccc1Cn1c2c(c3c(C(=O)O)cccc31)CCCC2. The maximum atomic E-state index is 11.8. The summed E-state index contributed by atoms with van der Waals surface area (Å²) < 4.78 is 9.76. The van der Waals surface area contributed by atoms with Crippen molar-refractivity contribution >= 4 is 39.7 Å². The maximum Gasteiger partial charge on any atom is 0.336 e. The number of nitriles is 1. The van der Waals surface area contributed by atoms with Gasteiger partial charge in [-0.05, 0) is 98.0 Å². The highest BCUT2D eigenvalue weighted by molar-refractivity contribution is 6.05. The smallest absolute Gasteiger partial charge is 0.336 e. The van der Waals surface area contributed by atoms with Gasteiger partial charge in [0.15, 0.2) is 0 Å². The van der Waals surface area contributed by atoms with E-state index < -0.39 is 17.9 Å². The number of methoxy groups -OCH3 is 1. The molecule has 1 unspecified atom stereocenters. The Morgan fingerprint density at radius 1 is 0.717 bits per heavy atom. The van der Waals surface area contributed by atoms with Crippen molar-refractivity contribution in [3.63, 3.8) is 0 Å². The largest absolute Gasteiger partial charge is 0.496 e. The lowest BCUT2D eigenvalue weighted by molar-refractivity contribution is 0.0684. The number of ether oxygens (including phenoxy) is 1. The number of aromatic nitrogens is 2. The van der Waals surface area contributed by atoms with Crippen LogP contribution < -0.4 is 4.74 Å². The summed E-state index contributed by atoms with van der Waals surface area (Å²) in [5.74, 6) is -2.22. The lowest BCUT2D eigenvalue weighted by Gasteiger charge is -2.20. The van der Waals surface area contributed by atoms with Crippen LogP contribution in [0.5, 0.6) is 5.75 Å². The van der Waals surface area contributed by atoms with Crippen molar-refractivity contribution in [3.8, 4) is 11.8 Å². The second-order valence-corrected chi connectivity index (χ2v) is 13.6. The van der Waals surface area contributed by atoms with E-state index in [9.17, 15) is 35.0 Å². The van der Waals surface area contributed by atoms with Gasteiger partial charge in [-0.15, -0.1) is 0 Å². The number of carboxylic acid groups (broad SMARTS) is 3. The molecule has 4 aromatic carbocycles. The average molecular weight is 710 g/mol. The number of hydrogen-bond acceptors (Lipinski definition) is 5. The van der Waals surface area contributed by atoms with Crippen molar-refractivity contribution in [1.29, 1.82) is 5.26 Å². The molecule has 2 aliphatic carbocycles. The molecule has 0 bridgehead atoms. The van der Waals surface area contributed by atoms with Gasteiger partial charge in [-0.3, -0.25) is 0 Å². The third-order valence-corrected chi connectivity index (χ3v) is 10.7. The van der Waals surface area contributed by atoms with Gasteiger partial charge < -0.3 is 29.2 Å². The van der Waals surface area contributed by atoms with Gasteiger partial charge in [0.2, 0.25) is 0 Å². The Morgan fingerprint density at radius 2 is 1.34 bits per heavy atom. The van der Waals surface area contributed by atoms with Crippen LogP contribution in [0.1, 0.15) is 84.0 Å². The Hall–Kier alpha value is -6.34. The van der Waals surface area contributed by atoms with Gasteiger partial charge in [-0.2, -0.15) is 5.26 Å². The minimum Gasteiger partial charge on any atom is -0.496 e. The first kappa shape index (κ1) is 35.1. The second-order valence-electron chi connectivity index (χ2n) is 13.6. The van der Waals surface area contributed by atoms with E-state index >= 15 is 0 Å². The first-order valence-electron chi connectivity index (χ1n) is 17.8. The van der Waals surface area contributed by atoms with Gasteiger partial charge in [0.25, 0.3) is 0 Å². The third kappa shape index (κ3) is 6.51. The minimum atomic E-state index is -0.959. The quantitative estimate of drug-likeness (QED) is 0.144. The Balaban J connectivity index is 0.000000164. The molecule has 0 radical (unpaired) electrons. The molecule has 10 nitrogen and oxygen atoms in total. The Labute approximate surface area is 306 Å². The van der Waals surface area contributed by atoms with Crippen LogP contribution in [0.4, 0.5) is 0 Å². The zero-order valence-electron chi connectivity index (χ0n) is 29.3. The molecule has 0 fully saturated rings. The van der Waals surface area contributed by atoms with E-state index in [4.69, 9.17) is 4.74 Å². The molecule has 2 heterocycles. The Morgan fingerprint density at radius 3 is 2.09 bits per heavy atom. The Kier molecular flexibility index (Phi) is 9.74. The monoisotopic (exact) mass is 709 g/mol. The van der Waals surface area contributed by atoms with E-state index in [1.807, 2.05) is 30.3 Å². The van der Waals surface area contributed by atoms with Crippen LogP contribution in [0.15, 0.2) is 84.9 Å². The molecule has 0 saturated heterocycles. The summed E-state index contributed by atoms with van der Waals surface area (Å²) in [6, 6.07) is 28.0. The fourth-order valence-corrected chi connectivity index (χ4v) is 8.25. The number of rotatable bonds is 8. The summed E-state index contributed by atoms with van der Waals surface area (Å²) in [5, 5.41) is 40.0. The molecule has 0 amide bonds. The molecule has 0 saturated carbocycles. The first-order valence-corrected chi connectivity index (χ1v) is 17.8. The van der Waals surface area contributed by atoms with Crippen LogP contribution in [0.25, 0.3) is 21.8 Å². The number of carbonyl (C=O) groups is 3. The van der Waals surface area contributed by atoms with E-state index in [1.54, 1.807) is 49.6 Å². The molecule has 3 N–H and O–H groups in total. The number of para-hydroxylation sites is 1. The van der Waals surface area contributed by atoms with E-state index in [1.165, 1.54) is 11.3 Å². The van der Waals surface area contributed by atoms with Crippen molar-refractivity contribution in [2.75, 3.05) is 7.11 Å². The fourth-order valence-electron chi connectivity index (χ4n) is 8.25. The molecule has 0 aliphatic heterocycles. The fraction of sp³-hybridized carbons (Fsp3) is 0.256. The molecule has 8 rings (SSSR count). The van der Waals surface area contributed by atoms with Gasteiger partial charge in [0.1, 0.15) is 5.75 Å². The van der Waals surface area contributed by atoms with E-state index in [0.717, 1.165) is 83.6 Å². The van der Waals surface area contributed by atoms with Crippen LogP contribution in [0.3, 0.4) is 0 Å². The highest BCUT2D eigenvalue weighted by Crippen LogP contribution is 2.37. The van der Waals surface area contributed by atoms with Crippen LogP contribution in [0, 0.1) is 17.2 Å². The standard InChI is InChI=1S/C22H20N2O3.C21H19NO4/c1-27-21-8-4-6-16(22(25)26)18(21)13-24-19-7-3-2-5-15(19)17-11-14(12-23)9-10-20(17)24;23-20(24)14-7-2-1-6-13(14)12-22-17-10-4-3-8-15(17)19-16(21(25)26)9-5-11-18(19)22/h2-8,14H,9-11,13H2,1H3,(H,25,26);1-2,5-7,9,11H,3-4,8,10,12H2,(H,23,24)(H,25,26). The van der Waals surface area contributed by atoms with Crippen LogP contribution in [0.2, 0.25) is 0 Å². The number of aryl methyl sites for hydroxylation is 1. The predicted molar refractivity (Wildman–Crippen MR) is 200 cm³/mol. The first-order chi connectivity index (χ1) is 25.7. The summed E-state index contributed by atoms with van der Waals surface area (Å²) in [7, 11) is 1.56. The molecule has 0 spiro atoms. The van der Waals surface area contributed by atoms with Crippen molar-refractivity contribution in [2.24, 2.45) is 5.92 Å². The zero-order chi connectivity index (χ0) is 37.2. The van der Waals surface area contributed by atoms with E-state index in [0.29, 0.717) is 30.0 Å². The molecule has 2 aromatic heterocycles. The van der Waals surface area contributed by atoms with Gasteiger partial charge >= 0.3 is 17.9 Å². The Bertz CT molecular complexity index is 2450. The normalized spacial score (nSPS) is 14.8. The molecule has 6 aromatic rings. The lowest BCUT2D eigenvalue weighted by Crippen LogP contribution is -2.16. The van der Waals surface area contributed by atoms with Crippen molar-refractivity contribution < 1.29 is 34.4 Å². The van der Waals surface area contributed by atoms with Gasteiger partial charge in [0.05, 0.1) is 42.3 Å². The number of nitrogens with zero attached hydrogens (tertiary/aromatic N) is 3. The number of aromatic carboxylic acids is 3. The highest BCUT2D eigenvalue weighted by atomic mass is 16.5. The number of hydrogen-bond donors (Lipinski definition) is 3. The van der Waals surface area contributed by atoms with Crippen LogP contribution in [-0.4, -0.2) is 49.5 Å². The summed E-state index contributed by atoms with van der Waals surface area (Å²) in [4.78, 5) is 35.0. The number of carboxylic acids is 3. The number of benzene rings is 4. The summed E-state index contributed by atoms with van der Waals surface area (Å²) in [5.41, 5.74) is 8.87. The minimum absolute atomic E-state index is 0.0394. The van der Waals surface area contributed by atoms with E-state index in [-0.39, 0.29) is 17.0 Å². The zero-order valence-corrected chi connectivity index (χ0v) is 29.3. The third-order valence-electron chi connectivity index (χ3n) is 10.7. The number of fused-ring (bicyclic) bond motifs is 6.